The molecule has 0 aliphatic carbocycles. The van der Waals surface area contributed by atoms with Gasteiger partial charge in [0.15, 0.2) is 17.5 Å². The second-order valence-electron chi connectivity index (χ2n) is 10.1. The van der Waals surface area contributed by atoms with Crippen LogP contribution in [0.15, 0.2) is 113 Å². The Morgan fingerprint density at radius 2 is 1.63 bits per heavy atom. The van der Waals surface area contributed by atoms with Crippen LogP contribution in [-0.4, -0.2) is 26.4 Å². The normalized spacial score (nSPS) is 15.3. The van der Waals surface area contributed by atoms with Crippen molar-refractivity contribution in [3.8, 4) is 5.69 Å². The van der Waals surface area contributed by atoms with E-state index in [4.69, 9.17) is 15.1 Å². The number of nitrogens with zero attached hydrogens (tertiary/aromatic N) is 6. The summed E-state index contributed by atoms with van der Waals surface area (Å²) < 4.78 is 1.84. The minimum atomic E-state index is -0.444. The predicted octanol–water partition coefficient (Wildman–Crippen LogP) is 7.19. The van der Waals surface area contributed by atoms with Gasteiger partial charge in [-0.05, 0) is 61.4 Å². The standard InChI is InChI=1S/C32H25N7O2/c1-20-10-8-12-23(18-20)33-30-32-35-31-28(21(2)36-38(31)24-13-4-3-5-14-24)29(22-11-9-15-25(19-22)39(40)41)37(32)27-17-7-6-16-26(27)34-30/h3-19,29H,1-2H3,(H,33,34). The van der Waals surface area contributed by atoms with Crippen molar-refractivity contribution in [3.05, 3.63) is 136 Å². The van der Waals surface area contributed by atoms with Crippen LogP contribution in [0.1, 0.15) is 28.4 Å². The highest BCUT2D eigenvalue weighted by molar-refractivity contribution is 6.51. The first-order valence-electron chi connectivity index (χ1n) is 13.3. The number of nitro groups is 1. The van der Waals surface area contributed by atoms with Gasteiger partial charge < -0.3 is 10.2 Å². The lowest BCUT2D eigenvalue weighted by molar-refractivity contribution is -0.384. The number of nitrogens with one attached hydrogen (secondary N) is 1. The Morgan fingerprint density at radius 1 is 0.854 bits per heavy atom. The molecule has 1 N–H and O–H groups in total. The third-order valence-corrected chi connectivity index (χ3v) is 7.32. The maximum Gasteiger partial charge on any atom is 0.269 e. The molecule has 2 aliphatic rings. The molecule has 1 unspecified atom stereocenters. The summed E-state index contributed by atoms with van der Waals surface area (Å²) in [6.45, 7) is 4.00. The van der Waals surface area contributed by atoms with Gasteiger partial charge in [-0.3, -0.25) is 10.1 Å². The van der Waals surface area contributed by atoms with Crippen molar-refractivity contribution in [2.45, 2.75) is 19.9 Å². The zero-order valence-corrected chi connectivity index (χ0v) is 22.4. The van der Waals surface area contributed by atoms with E-state index in [1.807, 2.05) is 97.4 Å². The molecular formula is C32H25N7O2. The summed E-state index contributed by atoms with van der Waals surface area (Å²) >= 11 is 0. The second kappa shape index (κ2) is 9.56. The Bertz CT molecular complexity index is 1890. The lowest BCUT2D eigenvalue weighted by Crippen LogP contribution is -2.46. The van der Waals surface area contributed by atoms with Crippen molar-refractivity contribution in [2.24, 2.45) is 9.98 Å². The highest BCUT2D eigenvalue weighted by Crippen LogP contribution is 2.48. The third kappa shape index (κ3) is 4.15. The molecule has 1 aromatic heterocycles. The number of anilines is 2. The largest absolute Gasteiger partial charge is 0.337 e. The van der Waals surface area contributed by atoms with Gasteiger partial charge in [-0.2, -0.15) is 5.10 Å². The lowest BCUT2D eigenvalue weighted by Gasteiger charge is -2.40. The van der Waals surface area contributed by atoms with Crippen LogP contribution in [0.4, 0.5) is 28.6 Å². The highest BCUT2D eigenvalue weighted by Gasteiger charge is 2.41. The lowest BCUT2D eigenvalue weighted by atomic mass is 9.93. The number of fused-ring (bicyclic) bond motifs is 4. The molecule has 7 rings (SSSR count). The molecule has 9 heteroatoms. The quantitative estimate of drug-likeness (QED) is 0.192. The molecule has 41 heavy (non-hydrogen) atoms. The summed E-state index contributed by atoms with van der Waals surface area (Å²) in [5.74, 6) is 1.84. The van der Waals surface area contributed by atoms with E-state index in [9.17, 15) is 10.1 Å². The number of rotatable bonds is 4. The molecule has 5 aromatic rings. The fourth-order valence-electron chi connectivity index (χ4n) is 5.53. The van der Waals surface area contributed by atoms with Crippen LogP contribution in [0.2, 0.25) is 0 Å². The number of non-ortho nitro benzene ring substituents is 1. The third-order valence-electron chi connectivity index (χ3n) is 7.32. The zero-order chi connectivity index (χ0) is 28.1. The molecule has 200 valence electrons. The molecule has 0 spiro atoms. The number of aromatic nitrogens is 2. The first-order chi connectivity index (χ1) is 20.0. The van der Waals surface area contributed by atoms with Crippen LogP contribution in [0.25, 0.3) is 5.69 Å². The van der Waals surface area contributed by atoms with Gasteiger partial charge in [0.1, 0.15) is 0 Å². The number of aryl methyl sites for hydroxylation is 2. The molecule has 9 nitrogen and oxygen atoms in total. The van der Waals surface area contributed by atoms with Crippen molar-refractivity contribution in [1.29, 1.82) is 0 Å². The molecule has 0 bridgehead atoms. The molecule has 0 saturated carbocycles. The van der Waals surface area contributed by atoms with Gasteiger partial charge in [0.05, 0.1) is 33.7 Å². The van der Waals surface area contributed by atoms with Gasteiger partial charge in [0.2, 0.25) is 0 Å². The van der Waals surface area contributed by atoms with Gasteiger partial charge >= 0.3 is 0 Å². The Kier molecular flexibility index (Phi) is 5.71. The Morgan fingerprint density at radius 3 is 2.44 bits per heavy atom. The summed E-state index contributed by atoms with van der Waals surface area (Å²) in [6, 6.07) is 32.2. The number of nitro benzene ring substituents is 1. The fourth-order valence-corrected chi connectivity index (χ4v) is 5.53. The smallest absolute Gasteiger partial charge is 0.269 e. The maximum atomic E-state index is 11.8. The Balaban J connectivity index is 1.51. The molecule has 0 fully saturated rings. The van der Waals surface area contributed by atoms with Crippen LogP contribution in [0.3, 0.4) is 0 Å². The average Bonchev–Trinajstić information content (AvgIpc) is 3.32. The van der Waals surface area contributed by atoms with Gasteiger partial charge in [0.25, 0.3) is 5.69 Å². The van der Waals surface area contributed by atoms with Crippen molar-refractivity contribution >= 4 is 40.2 Å². The SMILES string of the molecule is Cc1cccc(NC2=Nc3ccccc3N3C2=Nc2c(c(C)nn2-c2ccccc2)C3c2cccc([N+](=O)[O-])c2)c1. The first-order valence-corrected chi connectivity index (χ1v) is 13.3. The monoisotopic (exact) mass is 539 g/mol. The van der Waals surface area contributed by atoms with Crippen LogP contribution in [0, 0.1) is 24.0 Å². The summed E-state index contributed by atoms with van der Waals surface area (Å²) in [6.07, 6.45) is 0. The molecule has 4 aromatic carbocycles. The fraction of sp³-hybridized carbons (Fsp3) is 0.0938. The van der Waals surface area contributed by atoms with Gasteiger partial charge in [-0.15, -0.1) is 0 Å². The van der Waals surface area contributed by atoms with Gasteiger partial charge in [-0.25, -0.2) is 14.7 Å². The Labute approximate surface area is 236 Å². The number of hydrogen-bond donors (Lipinski definition) is 1. The van der Waals surface area contributed by atoms with Crippen molar-refractivity contribution in [2.75, 3.05) is 10.2 Å². The summed E-state index contributed by atoms with van der Waals surface area (Å²) in [4.78, 5) is 23.8. The van der Waals surface area contributed by atoms with Crippen LogP contribution in [-0.2, 0) is 0 Å². The number of benzene rings is 4. The van der Waals surface area contributed by atoms with Crippen LogP contribution < -0.4 is 10.2 Å². The summed E-state index contributed by atoms with van der Waals surface area (Å²) in [7, 11) is 0. The van der Waals surface area contributed by atoms with Crippen molar-refractivity contribution in [3.63, 3.8) is 0 Å². The van der Waals surface area contributed by atoms with Crippen LogP contribution >= 0.6 is 0 Å². The van der Waals surface area contributed by atoms with E-state index in [2.05, 4.69) is 16.3 Å². The number of hydrogen-bond acceptors (Lipinski definition) is 7. The number of para-hydroxylation sites is 3. The van der Waals surface area contributed by atoms with E-state index in [-0.39, 0.29) is 10.6 Å². The van der Waals surface area contributed by atoms with E-state index in [1.165, 1.54) is 6.07 Å². The molecule has 1 atom stereocenters. The van der Waals surface area contributed by atoms with Crippen LogP contribution in [0.5, 0.6) is 0 Å². The van der Waals surface area contributed by atoms with E-state index in [0.717, 1.165) is 45.1 Å². The molecule has 3 heterocycles. The molecule has 0 saturated heterocycles. The van der Waals surface area contributed by atoms with E-state index < -0.39 is 6.04 Å². The second-order valence-corrected chi connectivity index (χ2v) is 10.1. The zero-order valence-electron chi connectivity index (χ0n) is 22.4. The van der Waals surface area contributed by atoms with E-state index >= 15 is 0 Å². The first kappa shape index (κ1) is 24.5. The number of aliphatic imine (C=N–C) groups is 2. The molecular weight excluding hydrogens is 514 g/mol. The summed E-state index contributed by atoms with van der Waals surface area (Å²) in [5, 5.41) is 20.2. The predicted molar refractivity (Wildman–Crippen MR) is 161 cm³/mol. The molecule has 0 amide bonds. The number of amidine groups is 2. The van der Waals surface area contributed by atoms with Crippen molar-refractivity contribution in [1.82, 2.24) is 9.78 Å². The Hall–Kier alpha value is -5.57. The maximum absolute atomic E-state index is 11.8. The van der Waals surface area contributed by atoms with E-state index in [1.54, 1.807) is 12.1 Å². The van der Waals surface area contributed by atoms with Gasteiger partial charge in [0, 0.05) is 23.4 Å². The topological polar surface area (TPSA) is 101 Å². The highest BCUT2D eigenvalue weighted by atomic mass is 16.6. The minimum Gasteiger partial charge on any atom is -0.337 e. The minimum absolute atomic E-state index is 0.0262. The van der Waals surface area contributed by atoms with E-state index in [0.29, 0.717) is 17.5 Å². The molecule has 0 radical (unpaired) electrons. The molecule has 2 aliphatic heterocycles. The summed E-state index contributed by atoms with van der Waals surface area (Å²) in [5.41, 5.74) is 6.95. The van der Waals surface area contributed by atoms with Gasteiger partial charge in [-0.1, -0.05) is 54.6 Å². The average molecular weight is 540 g/mol. The van der Waals surface area contributed by atoms with Crippen molar-refractivity contribution < 1.29 is 4.92 Å².